The third-order valence-electron chi connectivity index (χ3n) is 8.17. The molecule has 0 atom stereocenters. The zero-order valence-corrected chi connectivity index (χ0v) is 21.6. The summed E-state index contributed by atoms with van der Waals surface area (Å²) in [7, 11) is 0. The van der Waals surface area contributed by atoms with Gasteiger partial charge in [-0.2, -0.15) is 0 Å². The van der Waals surface area contributed by atoms with Gasteiger partial charge in [-0.25, -0.2) is 0 Å². The summed E-state index contributed by atoms with van der Waals surface area (Å²) in [6.07, 6.45) is 7.04. The molecule has 5 aromatic rings. The van der Waals surface area contributed by atoms with E-state index in [1.165, 1.54) is 53.0 Å². The summed E-state index contributed by atoms with van der Waals surface area (Å²) >= 11 is 0. The largest absolute Gasteiger partial charge is 0.454 e. The molecule has 0 saturated heterocycles. The Morgan fingerprint density at radius 2 is 1.63 bits per heavy atom. The number of nitrogens with zero attached hydrogens (tertiary/aromatic N) is 1. The molecule has 0 unspecified atom stereocenters. The first-order valence-electron chi connectivity index (χ1n) is 13.0. The number of hydrogen-bond donors (Lipinski definition) is 0. The minimum Gasteiger partial charge on any atom is -0.454 e. The molecule has 6 rings (SSSR count). The molecule has 2 nitrogen and oxygen atoms in total. The summed E-state index contributed by atoms with van der Waals surface area (Å²) in [6, 6.07) is 22.2. The lowest BCUT2D eigenvalue weighted by atomic mass is 9.71. The monoisotopic (exact) mass is 461 g/mol. The van der Waals surface area contributed by atoms with E-state index in [0.29, 0.717) is 11.3 Å². The summed E-state index contributed by atoms with van der Waals surface area (Å²) in [4.78, 5) is 4.84. The number of furan rings is 1. The molecule has 1 fully saturated rings. The number of fused-ring (bicyclic) bond motifs is 4. The van der Waals surface area contributed by atoms with Crippen LogP contribution in [0.1, 0.15) is 77.3 Å². The molecule has 1 saturated carbocycles. The highest BCUT2D eigenvalue weighted by atomic mass is 16.3. The first-order chi connectivity index (χ1) is 16.7. The van der Waals surface area contributed by atoms with E-state index in [1.807, 2.05) is 6.20 Å². The normalized spacial score (nSPS) is 16.9. The first kappa shape index (κ1) is 22.3. The topological polar surface area (TPSA) is 26.0 Å². The Morgan fingerprint density at radius 1 is 0.857 bits per heavy atom. The standard InChI is InChI=1S/C33H35NO/c1-32(2,3)28-19-24(18-23-8-6-7-9-25(23)28)30-31-27(14-17-34-30)26-11-10-22(20-29(26)35-31)21-12-15-33(4,5)16-13-21/h6-11,14,17-21H,12-13,15-16H2,1-5H3. The van der Waals surface area contributed by atoms with E-state index in [9.17, 15) is 0 Å². The van der Waals surface area contributed by atoms with Crippen molar-refractivity contribution in [2.45, 2.75) is 71.6 Å². The molecule has 0 amide bonds. The molecule has 0 bridgehead atoms. The number of benzene rings is 3. The van der Waals surface area contributed by atoms with Crippen molar-refractivity contribution in [2.24, 2.45) is 5.41 Å². The Labute approximate surface area is 208 Å². The number of pyridine rings is 1. The fourth-order valence-corrected chi connectivity index (χ4v) is 5.98. The molecule has 35 heavy (non-hydrogen) atoms. The smallest absolute Gasteiger partial charge is 0.161 e. The molecule has 0 aliphatic heterocycles. The van der Waals surface area contributed by atoms with Crippen LogP contribution < -0.4 is 0 Å². The minimum atomic E-state index is 0.0286. The lowest BCUT2D eigenvalue weighted by Gasteiger charge is -2.34. The van der Waals surface area contributed by atoms with Crippen LogP contribution in [0, 0.1) is 5.41 Å². The van der Waals surface area contributed by atoms with Gasteiger partial charge >= 0.3 is 0 Å². The Kier molecular flexibility index (Phi) is 5.07. The lowest BCUT2D eigenvalue weighted by Crippen LogP contribution is -2.20. The van der Waals surface area contributed by atoms with Crippen LogP contribution in [0.2, 0.25) is 0 Å². The minimum absolute atomic E-state index is 0.0286. The van der Waals surface area contributed by atoms with Gasteiger partial charge in [-0.15, -0.1) is 0 Å². The highest BCUT2D eigenvalue weighted by Crippen LogP contribution is 2.44. The maximum absolute atomic E-state index is 6.59. The van der Waals surface area contributed by atoms with Gasteiger partial charge in [-0.3, -0.25) is 4.98 Å². The highest BCUT2D eigenvalue weighted by Gasteiger charge is 2.28. The fourth-order valence-electron chi connectivity index (χ4n) is 5.98. The number of rotatable bonds is 2. The maximum atomic E-state index is 6.59. The van der Waals surface area contributed by atoms with Gasteiger partial charge in [0.25, 0.3) is 0 Å². The van der Waals surface area contributed by atoms with E-state index >= 15 is 0 Å². The van der Waals surface area contributed by atoms with Gasteiger partial charge in [0, 0.05) is 22.5 Å². The van der Waals surface area contributed by atoms with E-state index in [4.69, 9.17) is 9.40 Å². The van der Waals surface area contributed by atoms with Crippen LogP contribution in [0.15, 0.2) is 71.3 Å². The summed E-state index contributed by atoms with van der Waals surface area (Å²) in [5.41, 5.74) is 7.18. The first-order valence-corrected chi connectivity index (χ1v) is 13.0. The second-order valence-corrected chi connectivity index (χ2v) is 12.3. The van der Waals surface area contributed by atoms with Crippen molar-refractivity contribution in [1.29, 1.82) is 0 Å². The van der Waals surface area contributed by atoms with Crippen molar-refractivity contribution in [3.63, 3.8) is 0 Å². The Morgan fingerprint density at radius 3 is 2.40 bits per heavy atom. The van der Waals surface area contributed by atoms with Crippen LogP contribution in [0.25, 0.3) is 44.0 Å². The third-order valence-corrected chi connectivity index (χ3v) is 8.17. The molecule has 1 aliphatic carbocycles. The van der Waals surface area contributed by atoms with Crippen LogP contribution in [0.3, 0.4) is 0 Å². The van der Waals surface area contributed by atoms with Crippen molar-refractivity contribution in [3.8, 4) is 11.3 Å². The van der Waals surface area contributed by atoms with E-state index in [-0.39, 0.29) is 5.41 Å². The molecule has 1 aliphatic rings. The molecule has 2 heterocycles. The average molecular weight is 462 g/mol. The van der Waals surface area contributed by atoms with Crippen LogP contribution in [-0.2, 0) is 5.41 Å². The molecule has 0 radical (unpaired) electrons. The Balaban J connectivity index is 1.49. The SMILES string of the molecule is CC1(C)CCC(c2ccc3c(c2)oc2c(-c4cc(C(C)(C)C)c5ccccc5c4)nccc23)CC1. The number of hydrogen-bond acceptors (Lipinski definition) is 2. The third kappa shape index (κ3) is 3.93. The molecule has 3 aromatic carbocycles. The zero-order valence-electron chi connectivity index (χ0n) is 21.6. The molecule has 178 valence electrons. The van der Waals surface area contributed by atoms with E-state index < -0.39 is 0 Å². The van der Waals surface area contributed by atoms with Crippen molar-refractivity contribution in [3.05, 3.63) is 78.0 Å². The van der Waals surface area contributed by atoms with E-state index in [0.717, 1.165) is 27.8 Å². The quantitative estimate of drug-likeness (QED) is 0.261. The Bertz CT molecular complexity index is 1550. The second-order valence-electron chi connectivity index (χ2n) is 12.3. The van der Waals surface area contributed by atoms with Crippen LogP contribution >= 0.6 is 0 Å². The molecule has 2 aromatic heterocycles. The summed E-state index contributed by atoms with van der Waals surface area (Å²) < 4.78 is 6.59. The second kappa shape index (κ2) is 7.95. The predicted octanol–water partition coefficient (Wildman–Crippen LogP) is 9.78. The van der Waals surface area contributed by atoms with Crippen LogP contribution in [0.4, 0.5) is 0 Å². The predicted molar refractivity (Wildman–Crippen MR) is 148 cm³/mol. The molecule has 2 heteroatoms. The van der Waals surface area contributed by atoms with Gasteiger partial charge in [-0.05, 0) is 88.6 Å². The highest BCUT2D eigenvalue weighted by molar-refractivity contribution is 6.09. The summed E-state index contributed by atoms with van der Waals surface area (Å²) in [6.45, 7) is 11.6. The average Bonchev–Trinajstić information content (AvgIpc) is 3.20. The van der Waals surface area contributed by atoms with Gasteiger partial charge in [0.2, 0.25) is 0 Å². The number of aromatic nitrogens is 1. The molecular formula is C33H35NO. The van der Waals surface area contributed by atoms with Gasteiger partial charge in [-0.1, -0.05) is 71.0 Å². The lowest BCUT2D eigenvalue weighted by molar-refractivity contribution is 0.224. The van der Waals surface area contributed by atoms with Gasteiger partial charge in [0.15, 0.2) is 5.58 Å². The van der Waals surface area contributed by atoms with Crippen LogP contribution in [0.5, 0.6) is 0 Å². The molecule has 0 spiro atoms. The van der Waals surface area contributed by atoms with Gasteiger partial charge in [0.1, 0.15) is 11.3 Å². The van der Waals surface area contributed by atoms with Crippen molar-refractivity contribution in [2.75, 3.05) is 0 Å². The zero-order chi connectivity index (χ0) is 24.4. The molecule has 0 N–H and O–H groups in total. The van der Waals surface area contributed by atoms with Gasteiger partial charge < -0.3 is 4.42 Å². The molecular weight excluding hydrogens is 426 g/mol. The van der Waals surface area contributed by atoms with E-state index in [1.54, 1.807) is 0 Å². The summed E-state index contributed by atoms with van der Waals surface area (Å²) in [5, 5.41) is 4.88. The summed E-state index contributed by atoms with van der Waals surface area (Å²) in [5.74, 6) is 0.632. The van der Waals surface area contributed by atoms with Crippen molar-refractivity contribution < 1.29 is 4.42 Å². The van der Waals surface area contributed by atoms with Gasteiger partial charge in [0.05, 0.1) is 0 Å². The Hall–Kier alpha value is -3.13. The van der Waals surface area contributed by atoms with Crippen LogP contribution in [-0.4, -0.2) is 4.98 Å². The van der Waals surface area contributed by atoms with Crippen molar-refractivity contribution >= 4 is 32.7 Å². The maximum Gasteiger partial charge on any atom is 0.161 e. The fraction of sp³-hybridized carbons (Fsp3) is 0.364. The van der Waals surface area contributed by atoms with E-state index in [2.05, 4.69) is 95.3 Å². The van der Waals surface area contributed by atoms with Crippen molar-refractivity contribution in [1.82, 2.24) is 4.98 Å².